The lowest BCUT2D eigenvalue weighted by Gasteiger charge is -2.28. The molecule has 1 unspecified atom stereocenters. The lowest BCUT2D eigenvalue weighted by molar-refractivity contribution is -0.184. The third kappa shape index (κ3) is 5.60. The molecule has 2 amide bonds. The standard InChI is InChI=1S/C20H24F3N3O5/c1-30-26(12-14-2-4-15(5-3-14)20(21,22)23)18(28)16-13-25(19(29)17(16)27)7-6-24-8-10-31-11-9-24/h2-5,16H,6-13H2,1H3. The summed E-state index contributed by atoms with van der Waals surface area (Å²) < 4.78 is 43.4. The van der Waals surface area contributed by atoms with E-state index in [1.165, 1.54) is 24.1 Å². The third-order valence-corrected chi connectivity index (χ3v) is 5.38. The first-order chi connectivity index (χ1) is 14.7. The van der Waals surface area contributed by atoms with E-state index >= 15 is 0 Å². The normalized spacial score (nSPS) is 20.4. The molecule has 2 saturated heterocycles. The van der Waals surface area contributed by atoms with Crippen LogP contribution in [0.25, 0.3) is 0 Å². The summed E-state index contributed by atoms with van der Waals surface area (Å²) in [6.45, 7) is 3.39. The number of hydrogen-bond acceptors (Lipinski definition) is 6. The Hall–Kier alpha value is -2.50. The van der Waals surface area contributed by atoms with Gasteiger partial charge >= 0.3 is 6.18 Å². The van der Waals surface area contributed by atoms with Gasteiger partial charge in [0.15, 0.2) is 0 Å². The van der Waals surface area contributed by atoms with Crippen LogP contribution in [0, 0.1) is 5.92 Å². The van der Waals surface area contributed by atoms with Crippen LogP contribution in [-0.4, -0.2) is 85.5 Å². The summed E-state index contributed by atoms with van der Waals surface area (Å²) in [5.41, 5.74) is -0.414. The van der Waals surface area contributed by atoms with E-state index in [0.717, 1.165) is 30.3 Å². The molecule has 170 valence electrons. The summed E-state index contributed by atoms with van der Waals surface area (Å²) in [5, 5.41) is 0.893. The molecule has 3 rings (SSSR count). The summed E-state index contributed by atoms with van der Waals surface area (Å²) in [7, 11) is 1.22. The molecule has 0 saturated carbocycles. The molecule has 11 heteroatoms. The molecule has 2 aliphatic heterocycles. The zero-order valence-corrected chi connectivity index (χ0v) is 17.1. The number of halogens is 3. The predicted molar refractivity (Wildman–Crippen MR) is 101 cm³/mol. The van der Waals surface area contributed by atoms with Crippen molar-refractivity contribution in [2.75, 3.05) is 53.0 Å². The van der Waals surface area contributed by atoms with E-state index in [1.54, 1.807) is 0 Å². The van der Waals surface area contributed by atoms with Gasteiger partial charge in [0.25, 0.3) is 11.8 Å². The molecule has 0 radical (unpaired) electrons. The number of alkyl halides is 3. The number of nitrogens with zero attached hydrogens (tertiary/aromatic N) is 3. The molecule has 0 spiro atoms. The average Bonchev–Trinajstić information content (AvgIpc) is 3.04. The molecule has 0 N–H and O–H groups in total. The van der Waals surface area contributed by atoms with Crippen molar-refractivity contribution in [3.63, 3.8) is 0 Å². The number of carbonyl (C=O) groups is 3. The maximum absolute atomic E-state index is 12.8. The number of hydrogen-bond donors (Lipinski definition) is 0. The number of Topliss-reactive ketones (excluding diaryl/α,β-unsaturated/α-hetero) is 1. The fourth-order valence-corrected chi connectivity index (χ4v) is 3.53. The molecular formula is C20H24F3N3O5. The highest BCUT2D eigenvalue weighted by molar-refractivity contribution is 6.42. The number of benzene rings is 1. The molecule has 0 bridgehead atoms. The van der Waals surface area contributed by atoms with Crippen molar-refractivity contribution >= 4 is 17.6 Å². The van der Waals surface area contributed by atoms with E-state index in [2.05, 4.69) is 4.90 Å². The van der Waals surface area contributed by atoms with Gasteiger partial charge in [-0.05, 0) is 17.7 Å². The maximum atomic E-state index is 12.8. The second-order valence-electron chi connectivity index (χ2n) is 7.37. The molecule has 1 atom stereocenters. The largest absolute Gasteiger partial charge is 0.416 e. The second-order valence-corrected chi connectivity index (χ2v) is 7.37. The zero-order chi connectivity index (χ0) is 22.6. The Bertz CT molecular complexity index is 809. The molecule has 1 aromatic carbocycles. The predicted octanol–water partition coefficient (Wildman–Crippen LogP) is 0.955. The fraction of sp³-hybridized carbons (Fsp3) is 0.550. The van der Waals surface area contributed by atoms with Gasteiger partial charge in [-0.1, -0.05) is 12.1 Å². The van der Waals surface area contributed by atoms with Crippen molar-refractivity contribution in [3.05, 3.63) is 35.4 Å². The lowest BCUT2D eigenvalue weighted by Crippen LogP contribution is -2.42. The molecule has 2 heterocycles. The smallest absolute Gasteiger partial charge is 0.379 e. The molecule has 2 aliphatic rings. The Morgan fingerprint density at radius 3 is 2.39 bits per heavy atom. The Balaban J connectivity index is 1.60. The van der Waals surface area contributed by atoms with Crippen LogP contribution < -0.4 is 0 Å². The Labute approximate surface area is 177 Å². The number of morpholine rings is 1. The molecule has 2 fully saturated rings. The van der Waals surface area contributed by atoms with Gasteiger partial charge in [0.1, 0.15) is 5.92 Å². The van der Waals surface area contributed by atoms with Gasteiger partial charge in [0.2, 0.25) is 5.78 Å². The van der Waals surface area contributed by atoms with Crippen LogP contribution in [0.4, 0.5) is 13.2 Å². The maximum Gasteiger partial charge on any atom is 0.416 e. The summed E-state index contributed by atoms with van der Waals surface area (Å²) in [4.78, 5) is 46.0. The van der Waals surface area contributed by atoms with Crippen molar-refractivity contribution in [2.45, 2.75) is 12.7 Å². The van der Waals surface area contributed by atoms with E-state index in [1.807, 2.05) is 0 Å². The van der Waals surface area contributed by atoms with Crippen LogP contribution in [0.15, 0.2) is 24.3 Å². The van der Waals surface area contributed by atoms with Gasteiger partial charge in [-0.15, -0.1) is 0 Å². The van der Waals surface area contributed by atoms with Gasteiger partial charge in [0.05, 0.1) is 32.4 Å². The van der Waals surface area contributed by atoms with Crippen molar-refractivity contribution in [3.8, 4) is 0 Å². The van der Waals surface area contributed by atoms with Crippen LogP contribution in [0.3, 0.4) is 0 Å². The van der Waals surface area contributed by atoms with Crippen molar-refractivity contribution in [1.29, 1.82) is 0 Å². The third-order valence-electron chi connectivity index (χ3n) is 5.38. The summed E-state index contributed by atoms with van der Waals surface area (Å²) in [6, 6.07) is 4.29. The van der Waals surface area contributed by atoms with E-state index < -0.39 is 35.3 Å². The van der Waals surface area contributed by atoms with Crippen molar-refractivity contribution in [2.24, 2.45) is 5.92 Å². The molecule has 0 aromatic heterocycles. The number of likely N-dealkylation sites (tertiary alicyclic amines) is 1. The summed E-state index contributed by atoms with van der Waals surface area (Å²) in [6.07, 6.45) is -4.46. The Morgan fingerprint density at radius 2 is 1.81 bits per heavy atom. The van der Waals surface area contributed by atoms with Gasteiger partial charge in [0, 0.05) is 32.7 Å². The van der Waals surface area contributed by atoms with E-state index in [-0.39, 0.29) is 13.1 Å². The highest BCUT2D eigenvalue weighted by Gasteiger charge is 2.45. The highest BCUT2D eigenvalue weighted by Crippen LogP contribution is 2.29. The molecular weight excluding hydrogens is 419 g/mol. The van der Waals surface area contributed by atoms with E-state index in [0.29, 0.717) is 31.9 Å². The highest BCUT2D eigenvalue weighted by atomic mass is 19.4. The Kier molecular flexibility index (Phi) is 7.29. The molecule has 0 aliphatic carbocycles. The summed E-state index contributed by atoms with van der Waals surface area (Å²) in [5.74, 6) is -3.42. The number of carbonyl (C=O) groups excluding carboxylic acids is 3. The quantitative estimate of drug-likeness (QED) is 0.355. The minimum absolute atomic E-state index is 0.0479. The number of hydroxylamine groups is 2. The molecule has 1 aromatic rings. The fourth-order valence-electron chi connectivity index (χ4n) is 3.53. The Morgan fingerprint density at radius 1 is 1.16 bits per heavy atom. The topological polar surface area (TPSA) is 79.4 Å². The monoisotopic (exact) mass is 443 g/mol. The minimum atomic E-state index is -4.46. The van der Waals surface area contributed by atoms with Gasteiger partial charge in [-0.3, -0.25) is 24.1 Å². The van der Waals surface area contributed by atoms with Crippen LogP contribution in [0.2, 0.25) is 0 Å². The van der Waals surface area contributed by atoms with Gasteiger partial charge in [-0.2, -0.15) is 13.2 Å². The number of rotatable bonds is 7. The molecule has 31 heavy (non-hydrogen) atoms. The van der Waals surface area contributed by atoms with Gasteiger partial charge < -0.3 is 9.64 Å². The summed E-state index contributed by atoms with van der Waals surface area (Å²) >= 11 is 0. The lowest BCUT2D eigenvalue weighted by atomic mass is 10.1. The zero-order valence-electron chi connectivity index (χ0n) is 17.1. The second kappa shape index (κ2) is 9.75. The van der Waals surface area contributed by atoms with Crippen LogP contribution in [0.5, 0.6) is 0 Å². The van der Waals surface area contributed by atoms with E-state index in [9.17, 15) is 27.6 Å². The first-order valence-corrected chi connectivity index (χ1v) is 9.85. The number of ether oxygens (including phenoxy) is 1. The van der Waals surface area contributed by atoms with Crippen molar-refractivity contribution in [1.82, 2.24) is 14.9 Å². The van der Waals surface area contributed by atoms with Crippen LogP contribution in [-0.2, 0) is 36.7 Å². The first-order valence-electron chi connectivity index (χ1n) is 9.85. The number of ketones is 1. The van der Waals surface area contributed by atoms with Crippen LogP contribution >= 0.6 is 0 Å². The molecule has 8 nitrogen and oxygen atoms in total. The van der Waals surface area contributed by atoms with Crippen LogP contribution in [0.1, 0.15) is 11.1 Å². The SMILES string of the molecule is CON(Cc1ccc(C(F)(F)F)cc1)C(=O)C1CN(CCN2CCOCC2)C(=O)C1=O. The number of amides is 2. The van der Waals surface area contributed by atoms with Crippen molar-refractivity contribution < 1.29 is 37.1 Å². The first kappa shape index (κ1) is 23.2. The van der Waals surface area contributed by atoms with Gasteiger partial charge in [-0.25, -0.2) is 5.06 Å². The van der Waals surface area contributed by atoms with E-state index in [4.69, 9.17) is 9.57 Å². The minimum Gasteiger partial charge on any atom is -0.379 e. The average molecular weight is 443 g/mol.